The summed E-state index contributed by atoms with van der Waals surface area (Å²) in [6.45, 7) is 6.25. The van der Waals surface area contributed by atoms with Crippen LogP contribution in [0.15, 0.2) is 53.5 Å². The molecule has 0 aliphatic carbocycles. The number of nitrogens with one attached hydrogen (secondary N) is 1. The van der Waals surface area contributed by atoms with Crippen molar-refractivity contribution in [2.45, 2.75) is 64.4 Å². The van der Waals surface area contributed by atoms with E-state index in [9.17, 15) is 27.6 Å². The van der Waals surface area contributed by atoms with Crippen molar-refractivity contribution in [3.8, 4) is 0 Å². The molecule has 7 nitrogen and oxygen atoms in total. The van der Waals surface area contributed by atoms with Gasteiger partial charge in [0.2, 0.25) is 5.91 Å². The van der Waals surface area contributed by atoms with Crippen molar-refractivity contribution in [1.29, 1.82) is 0 Å². The molecule has 0 saturated carbocycles. The Morgan fingerprint density at radius 1 is 1.10 bits per heavy atom. The molecule has 1 aromatic heterocycles. The van der Waals surface area contributed by atoms with Crippen LogP contribution in [-0.2, 0) is 28.7 Å². The molecule has 1 N–H and O–H groups in total. The number of ether oxygens (including phenoxy) is 1. The van der Waals surface area contributed by atoms with Crippen LogP contribution in [0.1, 0.15) is 44.7 Å². The highest BCUT2D eigenvalue weighted by Gasteiger charge is 2.34. The van der Waals surface area contributed by atoms with E-state index in [0.717, 1.165) is 25.0 Å². The molecular weight excluding hydrogens is 535 g/mol. The van der Waals surface area contributed by atoms with Gasteiger partial charge in [0.1, 0.15) is 5.60 Å². The van der Waals surface area contributed by atoms with E-state index < -0.39 is 34.4 Å². The van der Waals surface area contributed by atoms with E-state index in [-0.39, 0.29) is 23.6 Å². The summed E-state index contributed by atoms with van der Waals surface area (Å²) >= 11 is 5.66. The van der Waals surface area contributed by atoms with Crippen molar-refractivity contribution in [1.82, 2.24) is 9.47 Å². The third kappa shape index (κ3) is 6.73. The second kappa shape index (κ2) is 10.9. The fourth-order valence-electron chi connectivity index (χ4n) is 4.66. The molecule has 208 valence electrons. The molecular formula is C28H29ClF3N3O4. The molecule has 1 saturated heterocycles. The molecule has 2 amide bonds. The zero-order valence-electron chi connectivity index (χ0n) is 21.8. The van der Waals surface area contributed by atoms with Gasteiger partial charge in [-0.05, 0) is 69.5 Å². The van der Waals surface area contributed by atoms with E-state index in [1.165, 1.54) is 10.6 Å². The molecule has 2 aromatic carbocycles. The number of fused-ring (bicyclic) bond motifs is 1. The van der Waals surface area contributed by atoms with Gasteiger partial charge < -0.3 is 19.5 Å². The molecule has 2 heterocycles. The summed E-state index contributed by atoms with van der Waals surface area (Å²) < 4.78 is 46.6. The van der Waals surface area contributed by atoms with Gasteiger partial charge in [0.15, 0.2) is 0 Å². The van der Waals surface area contributed by atoms with Gasteiger partial charge in [0.05, 0.1) is 23.0 Å². The number of benzene rings is 2. The number of amides is 2. The van der Waals surface area contributed by atoms with Crippen LogP contribution in [0.5, 0.6) is 0 Å². The summed E-state index contributed by atoms with van der Waals surface area (Å²) in [5, 5.41) is 3.12. The summed E-state index contributed by atoms with van der Waals surface area (Å²) in [6, 6.07) is 9.71. The van der Waals surface area contributed by atoms with Crippen LogP contribution in [0.2, 0.25) is 5.02 Å². The highest BCUT2D eigenvalue weighted by Crippen LogP contribution is 2.35. The SMILES string of the molecule is CC(C)(C)OC(=O)N1CCCC1Cn1ccc2c(NC(=O)Cc3ccc(Cl)c(C(F)(F)F)c3)cccc2c1=O. The number of hydrogen-bond acceptors (Lipinski definition) is 4. The predicted octanol–water partition coefficient (Wildman–Crippen LogP) is 6.25. The van der Waals surface area contributed by atoms with E-state index in [4.69, 9.17) is 16.3 Å². The number of pyridine rings is 1. The molecule has 39 heavy (non-hydrogen) atoms. The number of halogens is 4. The van der Waals surface area contributed by atoms with E-state index in [0.29, 0.717) is 29.5 Å². The number of nitrogens with zero attached hydrogens (tertiary/aromatic N) is 2. The van der Waals surface area contributed by atoms with Crippen molar-refractivity contribution < 1.29 is 27.5 Å². The van der Waals surface area contributed by atoms with Gasteiger partial charge in [0, 0.05) is 35.7 Å². The van der Waals surface area contributed by atoms with Crippen LogP contribution < -0.4 is 10.9 Å². The van der Waals surface area contributed by atoms with Crippen molar-refractivity contribution in [2.24, 2.45) is 0 Å². The fourth-order valence-corrected chi connectivity index (χ4v) is 4.89. The lowest BCUT2D eigenvalue weighted by molar-refractivity contribution is -0.137. The normalized spacial score (nSPS) is 16.0. The van der Waals surface area contributed by atoms with Gasteiger partial charge in [-0.2, -0.15) is 13.2 Å². The topological polar surface area (TPSA) is 80.6 Å². The Labute approximate surface area is 228 Å². The minimum Gasteiger partial charge on any atom is -0.444 e. The molecule has 1 unspecified atom stereocenters. The average molecular weight is 564 g/mol. The van der Waals surface area contributed by atoms with Crippen LogP contribution in [-0.4, -0.2) is 39.7 Å². The fraction of sp³-hybridized carbons (Fsp3) is 0.393. The maximum atomic E-state index is 13.3. The van der Waals surface area contributed by atoms with Gasteiger partial charge >= 0.3 is 12.3 Å². The quantitative estimate of drug-likeness (QED) is 0.398. The van der Waals surface area contributed by atoms with Crippen molar-refractivity contribution in [2.75, 3.05) is 11.9 Å². The lowest BCUT2D eigenvalue weighted by atomic mass is 10.1. The number of aromatic nitrogens is 1. The van der Waals surface area contributed by atoms with Crippen LogP contribution in [0.4, 0.5) is 23.7 Å². The Morgan fingerprint density at radius 3 is 2.54 bits per heavy atom. The third-order valence-electron chi connectivity index (χ3n) is 6.41. The molecule has 1 fully saturated rings. The standard InChI is InChI=1S/C28H29ClF3N3O4/c1-27(2,3)39-26(38)35-12-5-6-18(35)16-34-13-11-19-20(25(34)37)7-4-8-23(19)33-24(36)15-17-9-10-22(29)21(14-17)28(30,31)32/h4,7-11,13-14,18H,5-6,12,15-16H2,1-3H3,(H,33,36). The summed E-state index contributed by atoms with van der Waals surface area (Å²) in [5.41, 5.74) is -1.40. The molecule has 0 radical (unpaired) electrons. The first-order valence-electron chi connectivity index (χ1n) is 12.5. The maximum absolute atomic E-state index is 13.3. The van der Waals surface area contributed by atoms with E-state index >= 15 is 0 Å². The highest BCUT2D eigenvalue weighted by atomic mass is 35.5. The summed E-state index contributed by atoms with van der Waals surface area (Å²) in [5.74, 6) is -0.541. The number of alkyl halides is 3. The Kier molecular flexibility index (Phi) is 7.97. The third-order valence-corrected chi connectivity index (χ3v) is 6.74. The van der Waals surface area contributed by atoms with Gasteiger partial charge in [0.25, 0.3) is 5.56 Å². The summed E-state index contributed by atoms with van der Waals surface area (Å²) in [6.07, 6.45) is -2.20. The molecule has 4 rings (SSSR count). The second-order valence-corrected chi connectivity index (χ2v) is 11.0. The van der Waals surface area contributed by atoms with E-state index in [1.54, 1.807) is 56.1 Å². The minimum absolute atomic E-state index is 0.151. The van der Waals surface area contributed by atoms with Crippen LogP contribution >= 0.6 is 11.6 Å². The van der Waals surface area contributed by atoms with Crippen LogP contribution in [0.3, 0.4) is 0 Å². The number of likely N-dealkylation sites (tertiary alicyclic amines) is 1. The number of rotatable bonds is 5. The number of hydrogen-bond donors (Lipinski definition) is 1. The number of anilines is 1. The Morgan fingerprint density at radius 2 is 1.85 bits per heavy atom. The molecule has 3 aromatic rings. The predicted molar refractivity (Wildman–Crippen MR) is 143 cm³/mol. The minimum atomic E-state index is -4.64. The molecule has 0 spiro atoms. The van der Waals surface area contributed by atoms with Gasteiger partial charge in [-0.15, -0.1) is 0 Å². The first-order valence-corrected chi connectivity index (χ1v) is 12.9. The number of carbonyl (C=O) groups is 2. The maximum Gasteiger partial charge on any atom is 0.417 e. The van der Waals surface area contributed by atoms with Crippen molar-refractivity contribution in [3.05, 3.63) is 75.2 Å². The molecule has 11 heteroatoms. The summed E-state index contributed by atoms with van der Waals surface area (Å²) in [7, 11) is 0. The van der Waals surface area contributed by atoms with E-state index in [2.05, 4.69) is 5.32 Å². The average Bonchev–Trinajstić information content (AvgIpc) is 3.29. The van der Waals surface area contributed by atoms with Crippen molar-refractivity contribution >= 4 is 40.1 Å². The van der Waals surface area contributed by atoms with Gasteiger partial charge in [-0.25, -0.2) is 4.79 Å². The summed E-state index contributed by atoms with van der Waals surface area (Å²) in [4.78, 5) is 40.3. The largest absolute Gasteiger partial charge is 0.444 e. The van der Waals surface area contributed by atoms with Gasteiger partial charge in [-0.3, -0.25) is 9.59 Å². The zero-order valence-corrected chi connectivity index (χ0v) is 22.5. The van der Waals surface area contributed by atoms with Crippen molar-refractivity contribution in [3.63, 3.8) is 0 Å². The lowest BCUT2D eigenvalue weighted by Gasteiger charge is -2.29. The molecule has 1 aliphatic rings. The lowest BCUT2D eigenvalue weighted by Crippen LogP contribution is -2.42. The Bertz CT molecular complexity index is 1460. The monoisotopic (exact) mass is 563 g/mol. The first kappa shape index (κ1) is 28.5. The van der Waals surface area contributed by atoms with Crippen LogP contribution in [0.25, 0.3) is 10.8 Å². The Balaban J connectivity index is 1.52. The first-order chi connectivity index (χ1) is 18.2. The van der Waals surface area contributed by atoms with Crippen LogP contribution in [0, 0.1) is 0 Å². The smallest absolute Gasteiger partial charge is 0.417 e. The van der Waals surface area contributed by atoms with Gasteiger partial charge in [-0.1, -0.05) is 23.7 Å². The highest BCUT2D eigenvalue weighted by molar-refractivity contribution is 6.31. The second-order valence-electron chi connectivity index (χ2n) is 10.5. The molecule has 1 atom stereocenters. The molecule has 1 aliphatic heterocycles. The number of carbonyl (C=O) groups excluding carboxylic acids is 2. The Hall–Kier alpha value is -3.53. The van der Waals surface area contributed by atoms with E-state index in [1.807, 2.05) is 0 Å². The zero-order chi connectivity index (χ0) is 28.5. The molecule has 0 bridgehead atoms.